The van der Waals surface area contributed by atoms with Gasteiger partial charge in [0.15, 0.2) is 0 Å². The third-order valence-electron chi connectivity index (χ3n) is 0. The Morgan fingerprint density at radius 1 is 0.778 bits per heavy atom. The monoisotopic (exact) mass is 284 g/mol. The minimum atomic E-state index is -11.2. The standard InChI is InChI=1S/CH4S.6FH.Sb/c1-2;;;;;;;/h2H,1H3;6*1H;/q;;;;;;;+5/p-5. The topological polar surface area (TPSA) is 0 Å². The summed E-state index contributed by atoms with van der Waals surface area (Å²) in [7, 11) is 0. The Kier molecular flexibility index (Phi) is 2.92. The van der Waals surface area contributed by atoms with Gasteiger partial charge in [0.1, 0.15) is 0 Å². The van der Waals surface area contributed by atoms with E-state index in [1.54, 1.807) is 6.26 Å². The number of hydrogen-bond acceptors (Lipinski definition) is 0. The molecule has 0 nitrogen and oxygen atoms in total. The van der Waals surface area contributed by atoms with E-state index in [0.29, 0.717) is 0 Å². The molecule has 0 saturated heterocycles. The second-order valence-electron chi connectivity index (χ2n) is 0.958. The summed E-state index contributed by atoms with van der Waals surface area (Å²) in [6, 6.07) is 0. The summed E-state index contributed by atoms with van der Waals surface area (Å²) in [4.78, 5) is 0. The fourth-order valence-electron chi connectivity index (χ4n) is 0. The fourth-order valence-corrected chi connectivity index (χ4v) is 0. The van der Waals surface area contributed by atoms with Gasteiger partial charge in [-0.25, -0.2) is 0 Å². The van der Waals surface area contributed by atoms with Crippen LogP contribution < -0.4 is 0 Å². The SMILES string of the molecule is C[SH2+].[F][Sb-]([F])([F])([F])([F])[F]. The van der Waals surface area contributed by atoms with Crippen molar-refractivity contribution in [2.24, 2.45) is 0 Å². The zero-order valence-electron chi connectivity index (χ0n) is 4.22. The molecule has 8 heteroatoms. The minimum absolute atomic E-state index is 1.81. The molecule has 0 aliphatic heterocycles. The van der Waals surface area contributed by atoms with Crippen molar-refractivity contribution in [2.75, 3.05) is 6.26 Å². The summed E-state index contributed by atoms with van der Waals surface area (Å²) in [5, 5.41) is 0. The van der Waals surface area contributed by atoms with Crippen molar-refractivity contribution in [3.63, 3.8) is 0 Å². The van der Waals surface area contributed by atoms with E-state index in [2.05, 4.69) is 12.6 Å². The van der Waals surface area contributed by atoms with E-state index >= 15 is 0 Å². The fraction of sp³-hybridized carbons (Fsp3) is 1.00. The van der Waals surface area contributed by atoms with Gasteiger partial charge in [0.25, 0.3) is 0 Å². The van der Waals surface area contributed by atoms with Gasteiger partial charge in [-0.3, -0.25) is 0 Å². The second kappa shape index (κ2) is 2.12. The van der Waals surface area contributed by atoms with Gasteiger partial charge in [0.05, 0.1) is 6.26 Å². The summed E-state index contributed by atoms with van der Waals surface area (Å²) in [5.41, 5.74) is 0. The molecule has 0 heterocycles. The molecule has 0 aromatic heterocycles. The Morgan fingerprint density at radius 2 is 0.778 bits per heavy atom. The zero-order chi connectivity index (χ0) is 8.41. The van der Waals surface area contributed by atoms with Gasteiger partial charge >= 0.3 is 36.4 Å². The maximum atomic E-state index is 9.93. The van der Waals surface area contributed by atoms with Crippen LogP contribution in [0.25, 0.3) is 0 Å². The first kappa shape index (κ1) is 12.4. The van der Waals surface area contributed by atoms with Gasteiger partial charge in [-0.1, -0.05) is 0 Å². The molecular weight excluding hydrogens is 280 g/mol. The van der Waals surface area contributed by atoms with Gasteiger partial charge in [-0.15, -0.1) is 0 Å². The molecule has 0 radical (unpaired) electrons. The van der Waals surface area contributed by atoms with E-state index in [1.165, 1.54) is 0 Å². The molecule has 0 aromatic carbocycles. The molecule has 9 heavy (non-hydrogen) atoms. The van der Waals surface area contributed by atoms with Crippen molar-refractivity contribution in [1.82, 2.24) is 0 Å². The van der Waals surface area contributed by atoms with Gasteiger partial charge in [-0.2, -0.15) is 0 Å². The van der Waals surface area contributed by atoms with E-state index in [1.807, 2.05) is 0 Å². The van der Waals surface area contributed by atoms with Crippen LogP contribution in [-0.2, 0) is 12.6 Å². The normalized spacial score (nSPS) is 18.7. The van der Waals surface area contributed by atoms with Crippen LogP contribution in [-0.4, -0.2) is 25.7 Å². The molecule has 0 aromatic rings. The van der Waals surface area contributed by atoms with E-state index in [9.17, 15) is 16.9 Å². The second-order valence-corrected chi connectivity index (χ2v) is 6.43. The predicted molar refractivity (Wildman–Crippen MR) is 28.5 cm³/mol. The van der Waals surface area contributed by atoms with Crippen LogP contribution in [0.15, 0.2) is 0 Å². The number of halogens is 6. The Hall–Kier alpha value is 0.748. The first-order valence-electron chi connectivity index (χ1n) is 1.51. The van der Waals surface area contributed by atoms with Crippen LogP contribution in [0.5, 0.6) is 0 Å². The van der Waals surface area contributed by atoms with Crippen molar-refractivity contribution in [2.45, 2.75) is 0 Å². The van der Waals surface area contributed by atoms with Crippen molar-refractivity contribution < 1.29 is 16.9 Å². The number of rotatable bonds is 0. The third-order valence-corrected chi connectivity index (χ3v) is 0. The van der Waals surface area contributed by atoms with Crippen molar-refractivity contribution >= 4 is 32.1 Å². The first-order valence-corrected chi connectivity index (χ1v) is 8.30. The molecule has 0 bridgehead atoms. The molecular formula is CH5F6SSb. The quantitative estimate of drug-likeness (QED) is 0.361. The molecule has 0 spiro atoms. The molecule has 0 atom stereocenters. The molecule has 0 fully saturated rings. The molecule has 0 rings (SSSR count). The molecule has 0 amide bonds. The van der Waals surface area contributed by atoms with E-state index in [-0.39, 0.29) is 0 Å². The molecule has 0 aliphatic rings. The molecule has 0 saturated carbocycles. The van der Waals surface area contributed by atoms with Gasteiger partial charge in [0.2, 0.25) is 0 Å². The summed E-state index contributed by atoms with van der Waals surface area (Å²) in [6.45, 7) is 0. The molecule has 62 valence electrons. The summed E-state index contributed by atoms with van der Waals surface area (Å²) < 4.78 is 59.6. The summed E-state index contributed by atoms with van der Waals surface area (Å²) >= 11 is -8.28. The van der Waals surface area contributed by atoms with Crippen LogP contribution in [0.2, 0.25) is 0 Å². The van der Waals surface area contributed by atoms with Gasteiger partial charge < -0.3 is 0 Å². The Bertz CT molecular complexity index is 71.6. The van der Waals surface area contributed by atoms with Crippen LogP contribution >= 0.6 is 0 Å². The van der Waals surface area contributed by atoms with Crippen LogP contribution in [0.4, 0.5) is 16.9 Å². The van der Waals surface area contributed by atoms with E-state index in [0.717, 1.165) is 0 Å². The molecule has 0 N–H and O–H groups in total. The van der Waals surface area contributed by atoms with Crippen molar-refractivity contribution in [1.29, 1.82) is 0 Å². The summed E-state index contributed by atoms with van der Waals surface area (Å²) in [5.74, 6) is 0. The molecule has 0 unspecified atom stereocenters. The Morgan fingerprint density at radius 3 is 0.778 bits per heavy atom. The van der Waals surface area contributed by atoms with Gasteiger partial charge in [0, 0.05) is 0 Å². The first-order chi connectivity index (χ1) is 3.45. The van der Waals surface area contributed by atoms with E-state index in [4.69, 9.17) is 0 Å². The average molecular weight is 285 g/mol. The van der Waals surface area contributed by atoms with Crippen molar-refractivity contribution in [3.05, 3.63) is 0 Å². The number of hydrogen-bond donors (Lipinski definition) is 0. The zero-order valence-corrected chi connectivity index (χ0v) is 7.77. The Balaban J connectivity index is 0. The molecule has 0 aliphatic carbocycles. The van der Waals surface area contributed by atoms with Gasteiger partial charge in [-0.05, 0) is 12.6 Å². The van der Waals surface area contributed by atoms with Crippen LogP contribution in [0, 0.1) is 0 Å². The maximum absolute atomic E-state index is 11.2. The third kappa shape index (κ3) is 712. The average Bonchev–Trinajstić information content (AvgIpc) is 1.30. The predicted octanol–water partition coefficient (Wildman–Crippen LogP) is 1.77. The van der Waals surface area contributed by atoms with E-state index < -0.39 is 19.5 Å². The summed E-state index contributed by atoms with van der Waals surface area (Å²) in [6.07, 6.45) is 1.81. The van der Waals surface area contributed by atoms with Crippen LogP contribution in [0.3, 0.4) is 0 Å². The van der Waals surface area contributed by atoms with Crippen LogP contribution in [0.1, 0.15) is 0 Å². The Labute approximate surface area is 55.5 Å². The van der Waals surface area contributed by atoms with Crippen molar-refractivity contribution in [3.8, 4) is 0 Å².